The van der Waals surface area contributed by atoms with Gasteiger partial charge in [-0.1, -0.05) is 24.9 Å². The van der Waals surface area contributed by atoms with Crippen LogP contribution in [0.4, 0.5) is 0 Å². The number of nitrogens with zero attached hydrogens (tertiary/aromatic N) is 2. The van der Waals surface area contributed by atoms with Crippen molar-refractivity contribution in [3.8, 4) is 34.2 Å². The van der Waals surface area contributed by atoms with E-state index in [9.17, 15) is 5.11 Å². The summed E-state index contributed by atoms with van der Waals surface area (Å²) in [6.07, 6.45) is 3.21. The van der Waals surface area contributed by atoms with Crippen molar-refractivity contribution in [2.45, 2.75) is 39.4 Å². The molecule has 7 heteroatoms. The zero-order chi connectivity index (χ0) is 25.3. The molecule has 4 aromatic rings. The van der Waals surface area contributed by atoms with Crippen LogP contribution in [0.2, 0.25) is 5.02 Å². The number of hydrogen-bond donors (Lipinski definition) is 1. The average Bonchev–Trinajstić information content (AvgIpc) is 3.33. The highest BCUT2D eigenvalue weighted by molar-refractivity contribution is 6.30. The maximum Gasteiger partial charge on any atom is 0.140 e. The number of imidazole rings is 1. The fourth-order valence-electron chi connectivity index (χ4n) is 3.72. The minimum absolute atomic E-state index is 0.290. The van der Waals surface area contributed by atoms with E-state index in [2.05, 4.69) is 0 Å². The standard InChI is InChI=1S/C29H31ClN2O4/c1-3-5-24(33)19-35-25-12-6-21(7-13-25)28-18-32(29(31-28)20-34-4-2)23-10-16-27(17-11-23)36-26-14-8-22(30)9-15-26/h6-18,24,33H,3-5,19-20H2,1-2H3/t24-/m0/s1. The zero-order valence-electron chi connectivity index (χ0n) is 20.6. The van der Waals surface area contributed by atoms with E-state index in [0.717, 1.165) is 52.9 Å². The first kappa shape index (κ1) is 25.8. The molecule has 4 rings (SSSR count). The Labute approximate surface area is 217 Å². The highest BCUT2D eigenvalue weighted by Crippen LogP contribution is 2.27. The summed E-state index contributed by atoms with van der Waals surface area (Å²) in [5, 5.41) is 10.6. The number of aliphatic hydroxyl groups is 1. The average molecular weight is 507 g/mol. The molecule has 0 spiro atoms. The Morgan fingerprint density at radius 2 is 1.53 bits per heavy atom. The predicted octanol–water partition coefficient (Wildman–Crippen LogP) is 7.06. The predicted molar refractivity (Wildman–Crippen MR) is 142 cm³/mol. The highest BCUT2D eigenvalue weighted by atomic mass is 35.5. The molecule has 0 aliphatic heterocycles. The molecule has 0 unspecified atom stereocenters. The third kappa shape index (κ3) is 6.88. The molecule has 1 aromatic heterocycles. The van der Waals surface area contributed by atoms with Gasteiger partial charge in [-0.3, -0.25) is 0 Å². The van der Waals surface area contributed by atoms with E-state index in [1.54, 1.807) is 12.1 Å². The van der Waals surface area contributed by atoms with Crippen molar-refractivity contribution in [2.24, 2.45) is 0 Å². The van der Waals surface area contributed by atoms with Crippen LogP contribution in [-0.2, 0) is 11.3 Å². The van der Waals surface area contributed by atoms with Gasteiger partial charge < -0.3 is 23.9 Å². The summed E-state index contributed by atoms with van der Waals surface area (Å²) >= 11 is 5.95. The summed E-state index contributed by atoms with van der Waals surface area (Å²) < 4.78 is 19.3. The number of rotatable bonds is 12. The minimum atomic E-state index is -0.450. The number of ether oxygens (including phenoxy) is 3. The van der Waals surface area contributed by atoms with E-state index in [1.165, 1.54) is 0 Å². The van der Waals surface area contributed by atoms with Gasteiger partial charge in [0.05, 0.1) is 11.8 Å². The van der Waals surface area contributed by atoms with E-state index in [-0.39, 0.29) is 6.61 Å². The second-order valence-corrected chi connectivity index (χ2v) is 8.81. The Bertz CT molecular complexity index is 1220. The van der Waals surface area contributed by atoms with Gasteiger partial charge in [0.25, 0.3) is 0 Å². The minimum Gasteiger partial charge on any atom is -0.491 e. The van der Waals surface area contributed by atoms with E-state index in [4.69, 9.17) is 30.8 Å². The van der Waals surface area contributed by atoms with Crippen LogP contribution in [0.15, 0.2) is 79.0 Å². The normalized spacial score (nSPS) is 11.9. The SMILES string of the molecule is CCC[C@H](O)COc1ccc(-c2cn(-c3ccc(Oc4ccc(Cl)cc4)cc3)c(COCC)n2)cc1. The molecule has 0 saturated heterocycles. The van der Waals surface area contributed by atoms with Gasteiger partial charge in [0.1, 0.15) is 36.3 Å². The lowest BCUT2D eigenvalue weighted by molar-refractivity contribution is 0.0993. The number of aromatic nitrogens is 2. The molecule has 0 bridgehead atoms. The fraction of sp³-hybridized carbons (Fsp3) is 0.276. The van der Waals surface area contributed by atoms with Gasteiger partial charge in [-0.05, 0) is 86.1 Å². The molecule has 0 radical (unpaired) electrons. The van der Waals surface area contributed by atoms with Gasteiger partial charge in [-0.2, -0.15) is 0 Å². The lowest BCUT2D eigenvalue weighted by atomic mass is 10.1. The van der Waals surface area contributed by atoms with Crippen LogP contribution in [0.5, 0.6) is 17.2 Å². The molecule has 3 aromatic carbocycles. The fourth-order valence-corrected chi connectivity index (χ4v) is 3.85. The second kappa shape index (κ2) is 12.6. The van der Waals surface area contributed by atoms with E-state index >= 15 is 0 Å². The van der Waals surface area contributed by atoms with Crippen molar-refractivity contribution < 1.29 is 19.3 Å². The van der Waals surface area contributed by atoms with Gasteiger partial charge in [0, 0.05) is 29.1 Å². The Hall–Kier alpha value is -3.32. The van der Waals surface area contributed by atoms with Gasteiger partial charge in [0.2, 0.25) is 0 Å². The van der Waals surface area contributed by atoms with Crippen LogP contribution < -0.4 is 9.47 Å². The molecule has 1 heterocycles. The molecular weight excluding hydrogens is 476 g/mol. The van der Waals surface area contributed by atoms with Gasteiger partial charge in [-0.25, -0.2) is 4.98 Å². The Morgan fingerprint density at radius 1 is 0.889 bits per heavy atom. The number of halogens is 1. The topological polar surface area (TPSA) is 65.7 Å². The van der Waals surface area contributed by atoms with E-state index in [0.29, 0.717) is 18.2 Å². The second-order valence-electron chi connectivity index (χ2n) is 8.38. The summed E-state index contributed by atoms with van der Waals surface area (Å²) in [4.78, 5) is 4.83. The molecule has 6 nitrogen and oxygen atoms in total. The Kier molecular flexibility index (Phi) is 9.01. The maximum atomic E-state index is 9.89. The van der Waals surface area contributed by atoms with Crippen LogP contribution in [0, 0.1) is 0 Å². The lowest BCUT2D eigenvalue weighted by Gasteiger charge is -2.11. The molecule has 188 valence electrons. The first-order valence-corrected chi connectivity index (χ1v) is 12.5. The van der Waals surface area contributed by atoms with Gasteiger partial charge in [0.15, 0.2) is 0 Å². The first-order valence-electron chi connectivity index (χ1n) is 12.2. The molecule has 1 N–H and O–H groups in total. The monoisotopic (exact) mass is 506 g/mol. The summed E-state index contributed by atoms with van der Waals surface area (Å²) in [6, 6.07) is 22.8. The van der Waals surface area contributed by atoms with E-state index in [1.807, 2.05) is 85.3 Å². The summed E-state index contributed by atoms with van der Waals surface area (Å²) in [6.45, 7) is 5.30. The van der Waals surface area contributed by atoms with Crippen LogP contribution in [0.3, 0.4) is 0 Å². The molecular formula is C29H31ClN2O4. The first-order chi connectivity index (χ1) is 17.6. The molecule has 0 aliphatic rings. The summed E-state index contributed by atoms with van der Waals surface area (Å²) in [5.41, 5.74) is 2.76. The number of aliphatic hydroxyl groups excluding tert-OH is 1. The molecule has 1 atom stereocenters. The third-order valence-electron chi connectivity index (χ3n) is 5.59. The summed E-state index contributed by atoms with van der Waals surface area (Å²) in [7, 11) is 0. The lowest BCUT2D eigenvalue weighted by Crippen LogP contribution is -2.16. The highest BCUT2D eigenvalue weighted by Gasteiger charge is 2.13. The van der Waals surface area contributed by atoms with E-state index < -0.39 is 6.10 Å². The Morgan fingerprint density at radius 3 is 2.17 bits per heavy atom. The molecule has 0 fully saturated rings. The van der Waals surface area contributed by atoms with Crippen LogP contribution in [0.25, 0.3) is 16.9 Å². The number of benzene rings is 3. The maximum absolute atomic E-state index is 9.89. The molecule has 36 heavy (non-hydrogen) atoms. The number of hydrogen-bond acceptors (Lipinski definition) is 5. The Balaban J connectivity index is 1.51. The molecule has 0 saturated carbocycles. The van der Waals surface area contributed by atoms with Crippen molar-refractivity contribution in [1.29, 1.82) is 0 Å². The van der Waals surface area contributed by atoms with Crippen LogP contribution in [0.1, 0.15) is 32.5 Å². The van der Waals surface area contributed by atoms with Crippen molar-refractivity contribution in [2.75, 3.05) is 13.2 Å². The van der Waals surface area contributed by atoms with Crippen LogP contribution in [-0.4, -0.2) is 34.0 Å². The van der Waals surface area contributed by atoms with Gasteiger partial charge >= 0.3 is 0 Å². The smallest absolute Gasteiger partial charge is 0.140 e. The molecule has 0 amide bonds. The van der Waals surface area contributed by atoms with Crippen molar-refractivity contribution in [3.63, 3.8) is 0 Å². The zero-order valence-corrected chi connectivity index (χ0v) is 21.3. The largest absolute Gasteiger partial charge is 0.491 e. The van der Waals surface area contributed by atoms with Crippen molar-refractivity contribution in [1.82, 2.24) is 9.55 Å². The quantitative estimate of drug-likeness (QED) is 0.223. The van der Waals surface area contributed by atoms with Crippen molar-refractivity contribution >= 4 is 11.6 Å². The van der Waals surface area contributed by atoms with Crippen molar-refractivity contribution in [3.05, 3.63) is 89.8 Å². The summed E-state index contributed by atoms with van der Waals surface area (Å²) in [5.74, 6) is 2.98. The third-order valence-corrected chi connectivity index (χ3v) is 5.84. The van der Waals surface area contributed by atoms with Crippen LogP contribution >= 0.6 is 11.6 Å². The molecule has 0 aliphatic carbocycles. The van der Waals surface area contributed by atoms with Gasteiger partial charge in [-0.15, -0.1) is 0 Å².